The van der Waals surface area contributed by atoms with Crippen LogP contribution in [-0.4, -0.2) is 37.0 Å². The number of hydrogen-bond donors (Lipinski definition) is 0. The van der Waals surface area contributed by atoms with Crippen LogP contribution in [-0.2, 0) is 4.79 Å². The molecule has 3 nitrogen and oxygen atoms in total. The fourth-order valence-electron chi connectivity index (χ4n) is 2.47. The van der Waals surface area contributed by atoms with Gasteiger partial charge in [-0.25, -0.2) is 0 Å². The number of benzene rings is 1. The van der Waals surface area contributed by atoms with Gasteiger partial charge in [-0.1, -0.05) is 19.9 Å². The number of piperazine rings is 1. The van der Waals surface area contributed by atoms with Crippen molar-refractivity contribution in [3.05, 3.63) is 29.3 Å². The van der Waals surface area contributed by atoms with Crippen LogP contribution >= 0.6 is 0 Å². The van der Waals surface area contributed by atoms with Crippen LogP contribution in [0.1, 0.15) is 25.0 Å². The molecule has 0 bridgehead atoms. The molecule has 104 valence electrons. The van der Waals surface area contributed by atoms with Gasteiger partial charge in [-0.15, -0.1) is 0 Å². The highest BCUT2D eigenvalue weighted by Gasteiger charge is 2.22. The van der Waals surface area contributed by atoms with Gasteiger partial charge < -0.3 is 9.80 Å². The summed E-state index contributed by atoms with van der Waals surface area (Å²) in [6, 6.07) is 6.60. The molecular formula is C16H24N2O. The van der Waals surface area contributed by atoms with Crippen LogP contribution in [0.2, 0.25) is 0 Å². The summed E-state index contributed by atoms with van der Waals surface area (Å²) in [4.78, 5) is 16.3. The molecule has 1 saturated heterocycles. The zero-order chi connectivity index (χ0) is 14.0. The van der Waals surface area contributed by atoms with Crippen LogP contribution in [0.15, 0.2) is 18.2 Å². The molecule has 1 fully saturated rings. The summed E-state index contributed by atoms with van der Waals surface area (Å²) >= 11 is 0. The molecule has 19 heavy (non-hydrogen) atoms. The van der Waals surface area contributed by atoms with Gasteiger partial charge in [-0.05, 0) is 37.1 Å². The van der Waals surface area contributed by atoms with Gasteiger partial charge in [0.15, 0.2) is 0 Å². The second-order valence-corrected chi connectivity index (χ2v) is 5.74. The van der Waals surface area contributed by atoms with E-state index in [1.54, 1.807) is 0 Å². The molecule has 0 saturated carbocycles. The zero-order valence-electron chi connectivity index (χ0n) is 12.4. The average molecular weight is 260 g/mol. The van der Waals surface area contributed by atoms with E-state index in [-0.39, 0.29) is 11.8 Å². The molecule has 0 N–H and O–H groups in total. The molecule has 1 heterocycles. The van der Waals surface area contributed by atoms with Crippen molar-refractivity contribution in [1.29, 1.82) is 0 Å². The Bertz CT molecular complexity index is 460. The van der Waals surface area contributed by atoms with Crippen LogP contribution in [0, 0.1) is 19.8 Å². The van der Waals surface area contributed by atoms with E-state index in [1.165, 1.54) is 16.8 Å². The summed E-state index contributed by atoms with van der Waals surface area (Å²) in [5.74, 6) is 0.382. The van der Waals surface area contributed by atoms with E-state index >= 15 is 0 Å². The van der Waals surface area contributed by atoms with Gasteiger partial charge in [-0.3, -0.25) is 4.79 Å². The Morgan fingerprint density at radius 3 is 2.21 bits per heavy atom. The van der Waals surface area contributed by atoms with E-state index < -0.39 is 0 Å². The minimum Gasteiger partial charge on any atom is -0.368 e. The molecule has 0 spiro atoms. The number of nitrogens with zero attached hydrogens (tertiary/aromatic N) is 2. The molecule has 1 aromatic rings. The van der Waals surface area contributed by atoms with Crippen LogP contribution in [0.4, 0.5) is 5.69 Å². The average Bonchev–Trinajstić information content (AvgIpc) is 2.41. The Kier molecular flexibility index (Phi) is 4.13. The van der Waals surface area contributed by atoms with Gasteiger partial charge in [0.25, 0.3) is 0 Å². The van der Waals surface area contributed by atoms with Crippen LogP contribution in [0.5, 0.6) is 0 Å². The highest BCUT2D eigenvalue weighted by Crippen LogP contribution is 2.20. The number of amides is 1. The lowest BCUT2D eigenvalue weighted by atomic mass is 10.1. The number of anilines is 1. The number of rotatable bonds is 2. The second-order valence-electron chi connectivity index (χ2n) is 5.74. The van der Waals surface area contributed by atoms with Crippen molar-refractivity contribution in [3.63, 3.8) is 0 Å². The van der Waals surface area contributed by atoms with E-state index in [4.69, 9.17) is 0 Å². The summed E-state index contributed by atoms with van der Waals surface area (Å²) in [6.45, 7) is 11.8. The largest absolute Gasteiger partial charge is 0.368 e. The predicted molar refractivity (Wildman–Crippen MR) is 79.5 cm³/mol. The number of aryl methyl sites for hydroxylation is 2. The smallest absolute Gasteiger partial charge is 0.225 e. The van der Waals surface area contributed by atoms with Gasteiger partial charge in [0.05, 0.1) is 0 Å². The highest BCUT2D eigenvalue weighted by atomic mass is 16.2. The Hall–Kier alpha value is -1.51. The standard InChI is InChI=1S/C16H24N2O/c1-12(2)16(19)18-9-7-17(8-10-18)15-6-5-13(3)14(4)11-15/h5-6,11-12H,7-10H2,1-4H3. The molecule has 0 aromatic heterocycles. The fraction of sp³-hybridized carbons (Fsp3) is 0.562. The first-order valence-corrected chi connectivity index (χ1v) is 7.10. The molecule has 0 radical (unpaired) electrons. The van der Waals surface area contributed by atoms with E-state index in [0.29, 0.717) is 0 Å². The van der Waals surface area contributed by atoms with Crippen molar-refractivity contribution < 1.29 is 4.79 Å². The maximum Gasteiger partial charge on any atom is 0.225 e. The third-order valence-electron chi connectivity index (χ3n) is 3.94. The van der Waals surface area contributed by atoms with Crippen LogP contribution < -0.4 is 4.90 Å². The predicted octanol–water partition coefficient (Wildman–Crippen LogP) is 2.61. The van der Waals surface area contributed by atoms with Crippen LogP contribution in [0.3, 0.4) is 0 Å². The summed E-state index contributed by atoms with van der Waals surface area (Å²) in [5, 5.41) is 0. The van der Waals surface area contributed by atoms with Crippen molar-refractivity contribution in [2.45, 2.75) is 27.7 Å². The van der Waals surface area contributed by atoms with Crippen molar-refractivity contribution in [3.8, 4) is 0 Å². The lowest BCUT2D eigenvalue weighted by molar-refractivity contribution is -0.134. The number of hydrogen-bond acceptors (Lipinski definition) is 2. The third-order valence-corrected chi connectivity index (χ3v) is 3.94. The summed E-state index contributed by atoms with van der Waals surface area (Å²) in [6.07, 6.45) is 0. The molecule has 0 aliphatic carbocycles. The Morgan fingerprint density at radius 1 is 1.05 bits per heavy atom. The summed E-state index contributed by atoms with van der Waals surface area (Å²) in [7, 11) is 0. The minimum atomic E-state index is 0.105. The number of carbonyl (C=O) groups excluding carboxylic acids is 1. The Labute approximate surface area is 116 Å². The third kappa shape index (κ3) is 3.09. The van der Waals surface area contributed by atoms with Gasteiger partial charge in [-0.2, -0.15) is 0 Å². The van der Waals surface area contributed by atoms with E-state index in [1.807, 2.05) is 18.7 Å². The molecule has 1 amide bonds. The molecule has 0 unspecified atom stereocenters. The maximum absolute atomic E-state index is 11.9. The molecule has 1 aromatic carbocycles. The molecule has 1 aliphatic heterocycles. The minimum absolute atomic E-state index is 0.105. The van der Waals surface area contributed by atoms with Gasteiger partial charge in [0.2, 0.25) is 5.91 Å². The van der Waals surface area contributed by atoms with Crippen molar-refractivity contribution in [2.24, 2.45) is 5.92 Å². The van der Waals surface area contributed by atoms with Gasteiger partial charge in [0.1, 0.15) is 0 Å². The Balaban J connectivity index is 2.00. The molecule has 0 atom stereocenters. The lowest BCUT2D eigenvalue weighted by Crippen LogP contribution is -2.49. The van der Waals surface area contributed by atoms with Gasteiger partial charge >= 0.3 is 0 Å². The quantitative estimate of drug-likeness (QED) is 0.816. The zero-order valence-corrected chi connectivity index (χ0v) is 12.4. The van der Waals surface area contributed by atoms with E-state index in [0.717, 1.165) is 26.2 Å². The molecule has 1 aliphatic rings. The van der Waals surface area contributed by atoms with Crippen molar-refractivity contribution in [1.82, 2.24) is 4.90 Å². The maximum atomic E-state index is 11.9. The van der Waals surface area contributed by atoms with E-state index in [9.17, 15) is 4.79 Å². The monoisotopic (exact) mass is 260 g/mol. The molecule has 3 heteroatoms. The SMILES string of the molecule is Cc1ccc(N2CCN(C(=O)C(C)C)CC2)cc1C. The molecular weight excluding hydrogens is 236 g/mol. The van der Waals surface area contributed by atoms with Gasteiger partial charge in [0, 0.05) is 37.8 Å². The first-order chi connectivity index (χ1) is 8.99. The van der Waals surface area contributed by atoms with Crippen LogP contribution in [0.25, 0.3) is 0 Å². The topological polar surface area (TPSA) is 23.6 Å². The van der Waals surface area contributed by atoms with Crippen molar-refractivity contribution >= 4 is 11.6 Å². The second kappa shape index (κ2) is 5.64. The Morgan fingerprint density at radius 2 is 1.68 bits per heavy atom. The first kappa shape index (κ1) is 13.9. The normalized spacial score (nSPS) is 16.1. The first-order valence-electron chi connectivity index (χ1n) is 7.10. The van der Waals surface area contributed by atoms with Crippen molar-refractivity contribution in [2.75, 3.05) is 31.1 Å². The number of carbonyl (C=O) groups is 1. The fourth-order valence-corrected chi connectivity index (χ4v) is 2.47. The summed E-state index contributed by atoms with van der Waals surface area (Å²) < 4.78 is 0. The molecule has 2 rings (SSSR count). The van der Waals surface area contributed by atoms with E-state index in [2.05, 4.69) is 36.9 Å². The summed E-state index contributed by atoms with van der Waals surface area (Å²) in [5.41, 5.74) is 3.94. The lowest BCUT2D eigenvalue weighted by Gasteiger charge is -2.37. The highest BCUT2D eigenvalue weighted by molar-refractivity contribution is 5.78.